The van der Waals surface area contributed by atoms with Crippen molar-refractivity contribution in [2.45, 2.75) is 20.3 Å². The van der Waals surface area contributed by atoms with E-state index in [4.69, 9.17) is 11.6 Å². The minimum absolute atomic E-state index is 0.0786. The van der Waals surface area contributed by atoms with Gasteiger partial charge in [0.15, 0.2) is 5.78 Å². The molecule has 0 bridgehead atoms. The number of carbonyl (C=O) groups excluding carboxylic acids is 1. The van der Waals surface area contributed by atoms with Crippen LogP contribution in [-0.2, 0) is 6.42 Å². The monoisotopic (exact) mass is 259 g/mol. The first-order valence-electron chi connectivity index (χ1n) is 5.76. The summed E-state index contributed by atoms with van der Waals surface area (Å²) in [5.74, 6) is 0.0786. The van der Waals surface area contributed by atoms with E-state index in [0.29, 0.717) is 11.4 Å². The van der Waals surface area contributed by atoms with Crippen LogP contribution >= 0.6 is 11.6 Å². The standard InChI is InChI=1S/C15H14ClNO/c1-10-5-11(2)7-13(6-10)15(18)8-12-3-4-17-9-14(12)16/h3-7,9H,8H2,1-2H3. The molecule has 0 fully saturated rings. The van der Waals surface area contributed by atoms with E-state index in [1.165, 1.54) is 0 Å². The summed E-state index contributed by atoms with van der Waals surface area (Å²) >= 11 is 6.00. The Bertz CT molecular complexity index is 573. The van der Waals surface area contributed by atoms with Gasteiger partial charge in [0, 0.05) is 24.4 Å². The molecule has 2 nitrogen and oxygen atoms in total. The molecule has 0 radical (unpaired) electrons. The van der Waals surface area contributed by atoms with Crippen molar-refractivity contribution < 1.29 is 4.79 Å². The van der Waals surface area contributed by atoms with Gasteiger partial charge in [0.25, 0.3) is 0 Å². The molecular weight excluding hydrogens is 246 g/mol. The van der Waals surface area contributed by atoms with Gasteiger partial charge in [-0.2, -0.15) is 0 Å². The van der Waals surface area contributed by atoms with Crippen LogP contribution in [-0.4, -0.2) is 10.8 Å². The van der Waals surface area contributed by atoms with Gasteiger partial charge < -0.3 is 0 Å². The lowest BCUT2D eigenvalue weighted by molar-refractivity contribution is 0.0993. The maximum Gasteiger partial charge on any atom is 0.167 e. The molecule has 1 heterocycles. The highest BCUT2D eigenvalue weighted by atomic mass is 35.5. The molecule has 0 saturated carbocycles. The first-order valence-corrected chi connectivity index (χ1v) is 6.14. The van der Waals surface area contributed by atoms with Gasteiger partial charge in [-0.15, -0.1) is 0 Å². The van der Waals surface area contributed by atoms with E-state index < -0.39 is 0 Å². The largest absolute Gasteiger partial charge is 0.294 e. The van der Waals surface area contributed by atoms with Gasteiger partial charge in [-0.05, 0) is 37.6 Å². The molecule has 0 amide bonds. The number of halogens is 1. The predicted molar refractivity (Wildman–Crippen MR) is 73.2 cm³/mol. The highest BCUT2D eigenvalue weighted by Crippen LogP contribution is 2.17. The van der Waals surface area contributed by atoms with E-state index in [9.17, 15) is 4.79 Å². The molecule has 92 valence electrons. The Balaban J connectivity index is 2.25. The number of ketones is 1. The highest BCUT2D eigenvalue weighted by molar-refractivity contribution is 6.31. The van der Waals surface area contributed by atoms with Crippen LogP contribution < -0.4 is 0 Å². The summed E-state index contributed by atoms with van der Waals surface area (Å²) < 4.78 is 0. The lowest BCUT2D eigenvalue weighted by Gasteiger charge is -2.05. The molecule has 1 aromatic carbocycles. The molecule has 2 aromatic rings. The molecule has 2 rings (SSSR count). The number of benzene rings is 1. The smallest absolute Gasteiger partial charge is 0.167 e. The van der Waals surface area contributed by atoms with Crippen molar-refractivity contribution in [3.05, 3.63) is 63.9 Å². The third kappa shape index (κ3) is 2.96. The van der Waals surface area contributed by atoms with E-state index in [2.05, 4.69) is 11.1 Å². The van der Waals surface area contributed by atoms with E-state index in [1.807, 2.05) is 26.0 Å². The van der Waals surface area contributed by atoms with E-state index >= 15 is 0 Å². The summed E-state index contributed by atoms with van der Waals surface area (Å²) in [5.41, 5.74) is 3.74. The third-order valence-corrected chi connectivity index (χ3v) is 3.09. The molecule has 0 aliphatic carbocycles. The van der Waals surface area contributed by atoms with Crippen molar-refractivity contribution in [2.75, 3.05) is 0 Å². The van der Waals surface area contributed by atoms with Crippen LogP contribution in [0.15, 0.2) is 36.7 Å². The molecule has 0 saturated heterocycles. The van der Waals surface area contributed by atoms with Gasteiger partial charge in [-0.25, -0.2) is 0 Å². The average molecular weight is 260 g/mol. The van der Waals surface area contributed by atoms with E-state index in [1.54, 1.807) is 18.5 Å². The quantitative estimate of drug-likeness (QED) is 0.786. The van der Waals surface area contributed by atoms with Gasteiger partial charge in [-0.1, -0.05) is 28.8 Å². The number of pyridine rings is 1. The van der Waals surface area contributed by atoms with Crippen molar-refractivity contribution in [1.82, 2.24) is 4.98 Å². The first-order chi connectivity index (χ1) is 8.56. The van der Waals surface area contributed by atoms with Gasteiger partial charge in [0.1, 0.15) is 0 Å². The summed E-state index contributed by atoms with van der Waals surface area (Å²) in [7, 11) is 0. The maximum absolute atomic E-state index is 12.2. The molecule has 0 atom stereocenters. The van der Waals surface area contributed by atoms with Crippen LogP contribution in [0.2, 0.25) is 5.02 Å². The van der Waals surface area contributed by atoms with Gasteiger partial charge in [0.2, 0.25) is 0 Å². The second-order valence-electron chi connectivity index (χ2n) is 4.44. The van der Waals surface area contributed by atoms with E-state index in [-0.39, 0.29) is 5.78 Å². The van der Waals surface area contributed by atoms with E-state index in [0.717, 1.165) is 22.3 Å². The molecule has 0 aliphatic rings. The van der Waals surface area contributed by atoms with Crippen molar-refractivity contribution in [1.29, 1.82) is 0 Å². The SMILES string of the molecule is Cc1cc(C)cc(C(=O)Cc2ccncc2Cl)c1. The Morgan fingerprint density at radius 3 is 2.50 bits per heavy atom. The van der Waals surface area contributed by atoms with Crippen molar-refractivity contribution in [3.8, 4) is 0 Å². The number of nitrogens with zero attached hydrogens (tertiary/aromatic N) is 1. The predicted octanol–water partition coefficient (Wildman–Crippen LogP) is 3.78. The van der Waals surface area contributed by atoms with Crippen molar-refractivity contribution in [3.63, 3.8) is 0 Å². The summed E-state index contributed by atoms with van der Waals surface area (Å²) in [6.07, 6.45) is 3.52. The summed E-state index contributed by atoms with van der Waals surface area (Å²) in [6, 6.07) is 7.65. The average Bonchev–Trinajstić information content (AvgIpc) is 2.31. The third-order valence-electron chi connectivity index (χ3n) is 2.75. The molecule has 0 N–H and O–H groups in total. The summed E-state index contributed by atoms with van der Waals surface area (Å²) in [6.45, 7) is 3.98. The van der Waals surface area contributed by atoms with Crippen LogP contribution in [0, 0.1) is 13.8 Å². The van der Waals surface area contributed by atoms with Gasteiger partial charge in [0.05, 0.1) is 5.02 Å². The number of carbonyl (C=O) groups is 1. The second-order valence-corrected chi connectivity index (χ2v) is 4.85. The lowest BCUT2D eigenvalue weighted by atomic mass is 10.00. The number of hydrogen-bond donors (Lipinski definition) is 0. The topological polar surface area (TPSA) is 30.0 Å². The fourth-order valence-corrected chi connectivity index (χ4v) is 2.14. The fraction of sp³-hybridized carbons (Fsp3) is 0.200. The number of hydrogen-bond acceptors (Lipinski definition) is 2. The van der Waals surface area contributed by atoms with Crippen LogP contribution in [0.5, 0.6) is 0 Å². The minimum Gasteiger partial charge on any atom is -0.294 e. The maximum atomic E-state index is 12.2. The Morgan fingerprint density at radius 1 is 1.22 bits per heavy atom. The number of aryl methyl sites for hydroxylation is 2. The molecule has 3 heteroatoms. The van der Waals surface area contributed by atoms with Crippen LogP contribution in [0.1, 0.15) is 27.0 Å². The number of aromatic nitrogens is 1. The summed E-state index contributed by atoms with van der Waals surface area (Å²) in [4.78, 5) is 16.1. The lowest BCUT2D eigenvalue weighted by Crippen LogP contribution is -2.05. The van der Waals surface area contributed by atoms with Crippen LogP contribution in [0.3, 0.4) is 0 Å². The Labute approximate surface area is 112 Å². The second kappa shape index (κ2) is 5.32. The number of Topliss-reactive ketones (excluding diaryl/α,β-unsaturated/α-hetero) is 1. The first kappa shape index (κ1) is 12.8. The molecule has 0 unspecified atom stereocenters. The molecular formula is C15H14ClNO. The highest BCUT2D eigenvalue weighted by Gasteiger charge is 2.10. The Kier molecular flexibility index (Phi) is 3.78. The minimum atomic E-state index is 0.0786. The van der Waals surface area contributed by atoms with Crippen molar-refractivity contribution >= 4 is 17.4 Å². The van der Waals surface area contributed by atoms with Gasteiger partial charge >= 0.3 is 0 Å². The molecule has 18 heavy (non-hydrogen) atoms. The van der Waals surface area contributed by atoms with Crippen molar-refractivity contribution in [2.24, 2.45) is 0 Å². The molecule has 1 aromatic heterocycles. The Morgan fingerprint density at radius 2 is 1.89 bits per heavy atom. The molecule has 0 spiro atoms. The zero-order valence-electron chi connectivity index (χ0n) is 10.4. The number of rotatable bonds is 3. The zero-order chi connectivity index (χ0) is 13.1. The molecule has 0 aliphatic heterocycles. The normalized spacial score (nSPS) is 10.4. The van der Waals surface area contributed by atoms with Crippen LogP contribution in [0.4, 0.5) is 0 Å². The summed E-state index contributed by atoms with van der Waals surface area (Å²) in [5, 5.41) is 0.537. The fourth-order valence-electron chi connectivity index (χ4n) is 1.96. The zero-order valence-corrected chi connectivity index (χ0v) is 11.2. The van der Waals surface area contributed by atoms with Gasteiger partial charge in [-0.3, -0.25) is 9.78 Å². The Hall–Kier alpha value is -1.67. The van der Waals surface area contributed by atoms with Crippen LogP contribution in [0.25, 0.3) is 0 Å².